The molecule has 128 valence electrons. The van der Waals surface area contributed by atoms with E-state index in [0.717, 1.165) is 12.0 Å². The zero-order valence-electron chi connectivity index (χ0n) is 14.0. The lowest BCUT2D eigenvalue weighted by atomic mass is 9.87. The molecule has 1 N–H and O–H groups in total. The summed E-state index contributed by atoms with van der Waals surface area (Å²) in [5, 5.41) is 2.64. The topological polar surface area (TPSA) is 72.5 Å². The van der Waals surface area contributed by atoms with E-state index < -0.39 is 15.9 Å². The largest absolute Gasteiger partial charge is 0.368 e. The van der Waals surface area contributed by atoms with E-state index in [4.69, 9.17) is 4.74 Å². The van der Waals surface area contributed by atoms with Gasteiger partial charge in [0.05, 0.1) is 10.6 Å². The van der Waals surface area contributed by atoms with Gasteiger partial charge in [0.1, 0.15) is 6.10 Å². The first-order valence-corrected chi connectivity index (χ1v) is 9.58. The molecule has 1 heterocycles. The maximum absolute atomic E-state index is 12.3. The van der Waals surface area contributed by atoms with Crippen molar-refractivity contribution in [2.24, 2.45) is 0 Å². The van der Waals surface area contributed by atoms with Crippen molar-refractivity contribution in [3.05, 3.63) is 29.8 Å². The number of ether oxygens (including phenoxy) is 1. The smallest absolute Gasteiger partial charge is 0.249 e. The third-order valence-corrected chi connectivity index (χ3v) is 5.70. The van der Waals surface area contributed by atoms with Crippen molar-refractivity contribution < 1.29 is 17.9 Å². The van der Waals surface area contributed by atoms with Gasteiger partial charge in [-0.15, -0.1) is 0 Å². The lowest BCUT2D eigenvalue weighted by molar-refractivity contribution is -0.129. The predicted molar refractivity (Wildman–Crippen MR) is 89.2 cm³/mol. The Balaban J connectivity index is 1.92. The Morgan fingerprint density at radius 2 is 1.91 bits per heavy atom. The average molecular weight is 339 g/mol. The standard InChI is InChI=1S/C17H25NO4S/c1-17(2,3)13-6-8-14(9-7-13)23(20,21)12-10-18-16(19)15-5-4-11-22-15/h6-9,15H,4-5,10-12H2,1-3H3,(H,18,19). The van der Waals surface area contributed by atoms with Gasteiger partial charge in [-0.25, -0.2) is 8.42 Å². The number of sulfone groups is 1. The summed E-state index contributed by atoms with van der Waals surface area (Å²) in [7, 11) is -3.40. The first kappa shape index (κ1) is 17.9. The fourth-order valence-corrected chi connectivity index (χ4v) is 3.64. The van der Waals surface area contributed by atoms with Crippen molar-refractivity contribution in [1.29, 1.82) is 0 Å². The highest BCUT2D eigenvalue weighted by Gasteiger charge is 2.24. The molecule has 0 aliphatic carbocycles. The monoisotopic (exact) mass is 339 g/mol. The van der Waals surface area contributed by atoms with Crippen LogP contribution in [0.25, 0.3) is 0 Å². The summed E-state index contributed by atoms with van der Waals surface area (Å²) in [4.78, 5) is 12.1. The Labute approximate surface area is 138 Å². The maximum Gasteiger partial charge on any atom is 0.249 e. The van der Waals surface area contributed by atoms with Gasteiger partial charge in [0.2, 0.25) is 5.91 Å². The van der Waals surface area contributed by atoms with Crippen molar-refractivity contribution in [1.82, 2.24) is 5.32 Å². The fourth-order valence-electron chi connectivity index (χ4n) is 2.49. The van der Waals surface area contributed by atoms with Gasteiger partial charge in [-0.1, -0.05) is 32.9 Å². The molecule has 0 bridgehead atoms. The summed E-state index contributed by atoms with van der Waals surface area (Å²) < 4.78 is 29.9. The minimum Gasteiger partial charge on any atom is -0.368 e. The van der Waals surface area contributed by atoms with E-state index in [2.05, 4.69) is 26.1 Å². The van der Waals surface area contributed by atoms with Crippen LogP contribution in [0.15, 0.2) is 29.2 Å². The SMILES string of the molecule is CC(C)(C)c1ccc(S(=O)(=O)CCNC(=O)C2CCCO2)cc1. The Bertz CT molecular complexity index is 638. The van der Waals surface area contributed by atoms with Crippen LogP contribution in [-0.2, 0) is 24.8 Å². The van der Waals surface area contributed by atoms with Gasteiger partial charge in [0.25, 0.3) is 0 Å². The first-order valence-electron chi connectivity index (χ1n) is 7.93. The van der Waals surface area contributed by atoms with Crippen LogP contribution in [0.2, 0.25) is 0 Å². The minimum absolute atomic E-state index is 0.0163. The van der Waals surface area contributed by atoms with E-state index in [1.165, 1.54) is 0 Å². The number of carbonyl (C=O) groups excluding carboxylic acids is 1. The van der Waals surface area contributed by atoms with Crippen molar-refractivity contribution in [3.63, 3.8) is 0 Å². The van der Waals surface area contributed by atoms with Gasteiger partial charge in [-0.3, -0.25) is 4.79 Å². The summed E-state index contributed by atoms with van der Waals surface area (Å²) in [6, 6.07) is 6.96. The summed E-state index contributed by atoms with van der Waals surface area (Å²) >= 11 is 0. The lowest BCUT2D eigenvalue weighted by Gasteiger charge is -2.19. The second-order valence-electron chi connectivity index (χ2n) is 6.89. The van der Waals surface area contributed by atoms with Gasteiger partial charge in [-0.2, -0.15) is 0 Å². The van der Waals surface area contributed by atoms with Crippen molar-refractivity contribution in [2.45, 2.75) is 50.0 Å². The molecule has 5 nitrogen and oxygen atoms in total. The average Bonchev–Trinajstić information content (AvgIpc) is 3.00. The molecular formula is C17H25NO4S. The number of amides is 1. The summed E-state index contributed by atoms with van der Waals surface area (Å²) in [6.45, 7) is 6.93. The van der Waals surface area contributed by atoms with Crippen LogP contribution in [-0.4, -0.2) is 39.3 Å². The lowest BCUT2D eigenvalue weighted by Crippen LogP contribution is -2.36. The Morgan fingerprint density at radius 1 is 1.26 bits per heavy atom. The number of nitrogens with one attached hydrogen (secondary N) is 1. The first-order chi connectivity index (χ1) is 10.7. The molecule has 1 aromatic carbocycles. The number of benzene rings is 1. The molecule has 0 radical (unpaired) electrons. The fraction of sp³-hybridized carbons (Fsp3) is 0.588. The molecule has 1 aliphatic rings. The minimum atomic E-state index is -3.40. The molecule has 0 aromatic heterocycles. The van der Waals surface area contributed by atoms with E-state index in [1.54, 1.807) is 12.1 Å². The molecule has 1 saturated heterocycles. The Hall–Kier alpha value is -1.40. The number of carbonyl (C=O) groups is 1. The number of hydrogen-bond donors (Lipinski definition) is 1. The Morgan fingerprint density at radius 3 is 2.43 bits per heavy atom. The second-order valence-corrected chi connectivity index (χ2v) is 9.00. The normalized spacial score (nSPS) is 18.8. The highest BCUT2D eigenvalue weighted by atomic mass is 32.2. The second kappa shape index (κ2) is 7.01. The Kier molecular flexibility index (Phi) is 5.47. The maximum atomic E-state index is 12.3. The van der Waals surface area contributed by atoms with E-state index in [0.29, 0.717) is 13.0 Å². The van der Waals surface area contributed by atoms with Gasteiger partial charge >= 0.3 is 0 Å². The predicted octanol–water partition coefficient (Wildman–Crippen LogP) is 2.05. The van der Waals surface area contributed by atoms with Crippen LogP contribution in [0.3, 0.4) is 0 Å². The van der Waals surface area contributed by atoms with Crippen LogP contribution < -0.4 is 5.32 Å². The molecule has 1 atom stereocenters. The highest BCUT2D eigenvalue weighted by molar-refractivity contribution is 7.91. The molecule has 0 spiro atoms. The van der Waals surface area contributed by atoms with Gasteiger partial charge in [0.15, 0.2) is 9.84 Å². The highest BCUT2D eigenvalue weighted by Crippen LogP contribution is 2.23. The molecule has 2 rings (SSSR count). The zero-order chi connectivity index (χ0) is 17.1. The molecule has 23 heavy (non-hydrogen) atoms. The van der Waals surface area contributed by atoms with Crippen molar-refractivity contribution >= 4 is 15.7 Å². The summed E-state index contributed by atoms with van der Waals surface area (Å²) in [5.74, 6) is -0.332. The zero-order valence-corrected chi connectivity index (χ0v) is 14.8. The molecule has 6 heteroatoms. The molecular weight excluding hydrogens is 314 g/mol. The molecule has 1 aliphatic heterocycles. The van der Waals surface area contributed by atoms with Crippen LogP contribution in [0.4, 0.5) is 0 Å². The van der Waals surface area contributed by atoms with E-state index >= 15 is 0 Å². The van der Waals surface area contributed by atoms with E-state index in [-0.39, 0.29) is 28.5 Å². The van der Waals surface area contributed by atoms with E-state index in [1.807, 2.05) is 12.1 Å². The van der Waals surface area contributed by atoms with Crippen LogP contribution in [0.5, 0.6) is 0 Å². The molecule has 0 saturated carbocycles. The quantitative estimate of drug-likeness (QED) is 0.891. The van der Waals surface area contributed by atoms with Crippen molar-refractivity contribution in [2.75, 3.05) is 18.9 Å². The molecule has 1 unspecified atom stereocenters. The van der Waals surface area contributed by atoms with E-state index in [9.17, 15) is 13.2 Å². The molecule has 1 amide bonds. The van der Waals surface area contributed by atoms with Gasteiger partial charge < -0.3 is 10.1 Å². The third-order valence-electron chi connectivity index (χ3n) is 3.97. The van der Waals surface area contributed by atoms with Crippen LogP contribution >= 0.6 is 0 Å². The summed E-state index contributed by atoms with van der Waals surface area (Å²) in [6.07, 6.45) is 1.15. The van der Waals surface area contributed by atoms with Gasteiger partial charge in [-0.05, 0) is 36.0 Å². The van der Waals surface area contributed by atoms with Crippen LogP contribution in [0.1, 0.15) is 39.2 Å². The number of rotatable bonds is 5. The third kappa shape index (κ3) is 4.78. The van der Waals surface area contributed by atoms with Crippen LogP contribution in [0, 0.1) is 0 Å². The van der Waals surface area contributed by atoms with Crippen molar-refractivity contribution in [3.8, 4) is 0 Å². The van der Waals surface area contributed by atoms with Gasteiger partial charge in [0, 0.05) is 13.2 Å². The molecule has 1 fully saturated rings. The summed E-state index contributed by atoms with van der Waals surface area (Å²) in [5.41, 5.74) is 1.07. The molecule has 1 aromatic rings. The number of hydrogen-bond acceptors (Lipinski definition) is 4.